The third-order valence-corrected chi connectivity index (χ3v) is 5.46. The number of fused-ring (bicyclic) bond motifs is 1. The molecule has 0 amide bonds. The molecule has 0 unspecified atom stereocenters. The van der Waals surface area contributed by atoms with Crippen molar-refractivity contribution in [2.45, 2.75) is 64.8 Å². The number of ether oxygens (including phenoxy) is 1. The Hall–Kier alpha value is -1.66. The third kappa shape index (κ3) is 3.65. The SMILES string of the molecule is CCn1nccc1[C@@H]1OCCC[C@H]1CNCc1cn2c(n1)CCCC2. The van der Waals surface area contributed by atoms with E-state index in [1.54, 1.807) is 0 Å². The lowest BCUT2D eigenvalue weighted by molar-refractivity contribution is -0.0327. The minimum atomic E-state index is 0.152. The number of aryl methyl sites for hydroxylation is 3. The molecule has 2 aromatic heterocycles. The van der Waals surface area contributed by atoms with Crippen molar-refractivity contribution < 1.29 is 4.74 Å². The van der Waals surface area contributed by atoms with Crippen molar-refractivity contribution in [3.8, 4) is 0 Å². The highest BCUT2D eigenvalue weighted by Crippen LogP contribution is 2.33. The molecule has 136 valence electrons. The second-order valence-corrected chi connectivity index (χ2v) is 7.20. The predicted molar refractivity (Wildman–Crippen MR) is 96.2 cm³/mol. The van der Waals surface area contributed by atoms with Crippen LogP contribution in [0.15, 0.2) is 18.5 Å². The number of imidazole rings is 1. The predicted octanol–water partition coefficient (Wildman–Crippen LogP) is 2.69. The van der Waals surface area contributed by atoms with E-state index in [1.807, 2.05) is 6.20 Å². The molecule has 0 bridgehead atoms. The standard InChI is InChI=1S/C19H29N5O/c1-2-24-17(8-9-21-24)19-15(6-5-11-25-19)12-20-13-16-14-23-10-4-3-7-18(23)22-16/h8-9,14-15,19-20H,2-7,10-13H2,1H3/t15-,19+/m0/s1. The summed E-state index contributed by atoms with van der Waals surface area (Å²) in [7, 11) is 0. The van der Waals surface area contributed by atoms with Crippen LogP contribution in [0.3, 0.4) is 0 Å². The fraction of sp³-hybridized carbons (Fsp3) is 0.684. The van der Waals surface area contributed by atoms with Gasteiger partial charge in [0.1, 0.15) is 11.9 Å². The van der Waals surface area contributed by atoms with Crippen LogP contribution in [0.5, 0.6) is 0 Å². The van der Waals surface area contributed by atoms with Crippen molar-refractivity contribution >= 4 is 0 Å². The van der Waals surface area contributed by atoms with Crippen LogP contribution in [-0.4, -0.2) is 32.5 Å². The summed E-state index contributed by atoms with van der Waals surface area (Å²) in [5.74, 6) is 1.75. The van der Waals surface area contributed by atoms with Crippen LogP contribution in [0.1, 0.15) is 55.9 Å². The van der Waals surface area contributed by atoms with Gasteiger partial charge in [-0.2, -0.15) is 5.10 Å². The summed E-state index contributed by atoms with van der Waals surface area (Å²) < 4.78 is 10.5. The van der Waals surface area contributed by atoms with Gasteiger partial charge in [0.2, 0.25) is 0 Å². The second-order valence-electron chi connectivity index (χ2n) is 7.20. The van der Waals surface area contributed by atoms with Gasteiger partial charge < -0.3 is 14.6 Å². The van der Waals surface area contributed by atoms with Gasteiger partial charge in [0.05, 0.1) is 11.4 Å². The molecule has 2 atom stereocenters. The van der Waals surface area contributed by atoms with Gasteiger partial charge in [0.15, 0.2) is 0 Å². The maximum atomic E-state index is 6.13. The fourth-order valence-corrected chi connectivity index (χ4v) is 4.17. The van der Waals surface area contributed by atoms with Gasteiger partial charge in [-0.1, -0.05) is 0 Å². The zero-order chi connectivity index (χ0) is 17.1. The summed E-state index contributed by atoms with van der Waals surface area (Å²) in [6.45, 7) is 6.80. The highest BCUT2D eigenvalue weighted by atomic mass is 16.5. The van der Waals surface area contributed by atoms with Gasteiger partial charge in [-0.3, -0.25) is 4.68 Å². The molecule has 0 spiro atoms. The number of nitrogens with zero attached hydrogens (tertiary/aromatic N) is 4. The summed E-state index contributed by atoms with van der Waals surface area (Å²) in [5, 5.41) is 8.04. The van der Waals surface area contributed by atoms with Crippen LogP contribution in [-0.2, 0) is 30.8 Å². The number of rotatable bonds is 6. The molecule has 0 saturated carbocycles. The molecule has 25 heavy (non-hydrogen) atoms. The second kappa shape index (κ2) is 7.70. The van der Waals surface area contributed by atoms with Gasteiger partial charge in [-0.05, 0) is 38.7 Å². The Morgan fingerprint density at radius 1 is 1.32 bits per heavy atom. The van der Waals surface area contributed by atoms with E-state index in [0.717, 1.165) is 45.6 Å². The Kier molecular flexibility index (Phi) is 5.17. The monoisotopic (exact) mass is 343 g/mol. The molecule has 0 aromatic carbocycles. The molecule has 1 N–H and O–H groups in total. The molecular weight excluding hydrogens is 314 g/mol. The maximum absolute atomic E-state index is 6.13. The first-order valence-corrected chi connectivity index (χ1v) is 9.74. The highest BCUT2D eigenvalue weighted by molar-refractivity contribution is 5.08. The molecule has 2 aliphatic rings. The van der Waals surface area contributed by atoms with Crippen LogP contribution in [0, 0.1) is 5.92 Å². The van der Waals surface area contributed by atoms with E-state index in [0.29, 0.717) is 5.92 Å². The molecule has 1 fully saturated rings. The molecule has 0 radical (unpaired) electrons. The lowest BCUT2D eigenvalue weighted by Gasteiger charge is -2.32. The zero-order valence-electron chi connectivity index (χ0n) is 15.2. The van der Waals surface area contributed by atoms with Crippen LogP contribution >= 0.6 is 0 Å². The van der Waals surface area contributed by atoms with Crippen molar-refractivity contribution in [3.05, 3.63) is 35.7 Å². The summed E-state index contributed by atoms with van der Waals surface area (Å²) in [5.41, 5.74) is 2.38. The first kappa shape index (κ1) is 16.8. The van der Waals surface area contributed by atoms with E-state index in [2.05, 4.69) is 38.9 Å². The summed E-state index contributed by atoms with van der Waals surface area (Å²) in [6, 6.07) is 2.11. The third-order valence-electron chi connectivity index (χ3n) is 5.46. The molecule has 1 saturated heterocycles. The van der Waals surface area contributed by atoms with E-state index in [1.165, 1.54) is 36.5 Å². The van der Waals surface area contributed by atoms with Gasteiger partial charge in [0, 0.05) is 57.5 Å². The normalized spacial score (nSPS) is 23.6. The summed E-state index contributed by atoms with van der Waals surface area (Å²) >= 11 is 0. The molecular formula is C19H29N5O. The van der Waals surface area contributed by atoms with Gasteiger partial charge in [0.25, 0.3) is 0 Å². The van der Waals surface area contributed by atoms with E-state index < -0.39 is 0 Å². The van der Waals surface area contributed by atoms with E-state index >= 15 is 0 Å². The summed E-state index contributed by atoms with van der Waals surface area (Å²) in [6.07, 6.45) is 10.3. The highest BCUT2D eigenvalue weighted by Gasteiger charge is 2.29. The van der Waals surface area contributed by atoms with Gasteiger partial charge in [-0.15, -0.1) is 0 Å². The summed E-state index contributed by atoms with van der Waals surface area (Å²) in [4.78, 5) is 4.78. The smallest absolute Gasteiger partial charge is 0.109 e. The van der Waals surface area contributed by atoms with Crippen LogP contribution in [0.2, 0.25) is 0 Å². The van der Waals surface area contributed by atoms with Gasteiger partial charge >= 0.3 is 0 Å². The lowest BCUT2D eigenvalue weighted by atomic mass is 9.92. The van der Waals surface area contributed by atoms with Crippen molar-refractivity contribution in [3.63, 3.8) is 0 Å². The zero-order valence-corrected chi connectivity index (χ0v) is 15.2. The van der Waals surface area contributed by atoms with Crippen LogP contribution in [0.25, 0.3) is 0 Å². The van der Waals surface area contributed by atoms with Crippen molar-refractivity contribution in [1.82, 2.24) is 24.6 Å². The Morgan fingerprint density at radius 3 is 3.16 bits per heavy atom. The quantitative estimate of drug-likeness (QED) is 0.876. The van der Waals surface area contributed by atoms with E-state index in [4.69, 9.17) is 9.72 Å². The van der Waals surface area contributed by atoms with E-state index in [-0.39, 0.29) is 6.10 Å². The molecule has 6 heteroatoms. The molecule has 4 rings (SSSR count). The molecule has 0 aliphatic carbocycles. The van der Waals surface area contributed by atoms with E-state index in [9.17, 15) is 0 Å². The lowest BCUT2D eigenvalue weighted by Crippen LogP contribution is -2.33. The number of hydrogen-bond donors (Lipinski definition) is 1. The fourth-order valence-electron chi connectivity index (χ4n) is 4.17. The molecule has 6 nitrogen and oxygen atoms in total. The molecule has 4 heterocycles. The average Bonchev–Trinajstić information content (AvgIpc) is 3.28. The number of aromatic nitrogens is 4. The first-order valence-electron chi connectivity index (χ1n) is 9.74. The van der Waals surface area contributed by atoms with Crippen molar-refractivity contribution in [2.24, 2.45) is 5.92 Å². The minimum Gasteiger partial charge on any atom is -0.372 e. The Bertz CT molecular complexity index is 668. The van der Waals surface area contributed by atoms with Crippen molar-refractivity contribution in [2.75, 3.05) is 13.2 Å². The van der Waals surface area contributed by atoms with Crippen LogP contribution in [0.4, 0.5) is 0 Å². The molecule has 2 aromatic rings. The van der Waals surface area contributed by atoms with Gasteiger partial charge in [-0.25, -0.2) is 4.98 Å². The van der Waals surface area contributed by atoms with Crippen LogP contribution < -0.4 is 5.32 Å². The topological polar surface area (TPSA) is 56.9 Å². The Balaban J connectivity index is 1.36. The average molecular weight is 343 g/mol. The Labute approximate surface area is 149 Å². The largest absolute Gasteiger partial charge is 0.372 e. The maximum Gasteiger partial charge on any atom is 0.109 e. The van der Waals surface area contributed by atoms with Crippen molar-refractivity contribution in [1.29, 1.82) is 0 Å². The number of hydrogen-bond acceptors (Lipinski definition) is 4. The molecule has 2 aliphatic heterocycles. The minimum absolute atomic E-state index is 0.152. The Morgan fingerprint density at radius 2 is 2.28 bits per heavy atom. The number of nitrogens with one attached hydrogen (secondary N) is 1. The first-order chi connectivity index (χ1) is 12.3.